The molecule has 1 N–H and O–H groups in total. The monoisotopic (exact) mass is 407 g/mol. The van der Waals surface area contributed by atoms with Crippen molar-refractivity contribution in [2.75, 3.05) is 31.5 Å². The molecular formula is C20H25N9O. The molecule has 0 aromatic carbocycles. The van der Waals surface area contributed by atoms with Gasteiger partial charge in [0.1, 0.15) is 18.0 Å². The molecule has 10 heteroatoms. The van der Waals surface area contributed by atoms with Crippen molar-refractivity contribution in [3.05, 3.63) is 24.5 Å². The standard InChI is InChI=1S/C20H25N9O/c1-3-29-18(14-9-21-13(2)22-10-14)26-16-17(23-12-24-19(16)29)25-15-5-8-28(11-15)20(30)27-6-4-7-27/h9-10,12,15H,3-8,11H2,1-2H3,(H,23,24,25). The number of carbonyl (C=O) groups excluding carboxylic acids is 1. The van der Waals surface area contributed by atoms with Gasteiger partial charge in [0.25, 0.3) is 0 Å². The van der Waals surface area contributed by atoms with Crippen LogP contribution in [-0.4, -0.2) is 77.5 Å². The Balaban J connectivity index is 1.41. The zero-order chi connectivity index (χ0) is 20.7. The fraction of sp³-hybridized carbons (Fsp3) is 0.500. The highest BCUT2D eigenvalue weighted by atomic mass is 16.2. The van der Waals surface area contributed by atoms with Crippen LogP contribution in [0, 0.1) is 6.92 Å². The fourth-order valence-electron chi connectivity index (χ4n) is 4.02. The van der Waals surface area contributed by atoms with Gasteiger partial charge in [-0.3, -0.25) is 0 Å². The summed E-state index contributed by atoms with van der Waals surface area (Å²) in [6.07, 6.45) is 7.12. The molecule has 0 spiro atoms. The Morgan fingerprint density at radius 3 is 2.63 bits per heavy atom. The topological polar surface area (TPSA) is 105 Å². The van der Waals surface area contributed by atoms with Crippen molar-refractivity contribution in [3.63, 3.8) is 0 Å². The van der Waals surface area contributed by atoms with Crippen LogP contribution in [0.2, 0.25) is 0 Å². The zero-order valence-electron chi connectivity index (χ0n) is 17.2. The summed E-state index contributed by atoms with van der Waals surface area (Å²) < 4.78 is 2.05. The van der Waals surface area contributed by atoms with Crippen LogP contribution in [0.4, 0.5) is 10.6 Å². The Morgan fingerprint density at radius 2 is 1.93 bits per heavy atom. The molecule has 0 aliphatic carbocycles. The van der Waals surface area contributed by atoms with E-state index in [-0.39, 0.29) is 12.1 Å². The van der Waals surface area contributed by atoms with Gasteiger partial charge in [-0.2, -0.15) is 0 Å². The first-order valence-electron chi connectivity index (χ1n) is 10.4. The SMILES string of the molecule is CCn1c(-c2cnc(C)nc2)nc2c(NC3CCN(C(=O)N4CCC4)C3)ncnc21. The molecule has 0 saturated carbocycles. The van der Waals surface area contributed by atoms with Gasteiger partial charge in [-0.05, 0) is 26.7 Å². The van der Waals surface area contributed by atoms with E-state index < -0.39 is 0 Å². The molecule has 5 rings (SSSR count). The van der Waals surface area contributed by atoms with Gasteiger partial charge in [0.15, 0.2) is 17.0 Å². The first-order chi connectivity index (χ1) is 14.6. The summed E-state index contributed by atoms with van der Waals surface area (Å²) in [5.74, 6) is 2.19. The number of anilines is 1. The van der Waals surface area contributed by atoms with Gasteiger partial charge < -0.3 is 19.7 Å². The first-order valence-corrected chi connectivity index (χ1v) is 10.4. The van der Waals surface area contributed by atoms with Crippen LogP contribution in [0.25, 0.3) is 22.6 Å². The molecule has 156 valence electrons. The van der Waals surface area contributed by atoms with E-state index in [9.17, 15) is 4.79 Å². The molecule has 0 radical (unpaired) electrons. The Hall–Kier alpha value is -3.30. The Morgan fingerprint density at radius 1 is 1.13 bits per heavy atom. The van der Waals surface area contributed by atoms with Crippen molar-refractivity contribution >= 4 is 23.0 Å². The van der Waals surface area contributed by atoms with E-state index >= 15 is 0 Å². The molecule has 1 atom stereocenters. The highest BCUT2D eigenvalue weighted by molar-refractivity contribution is 5.86. The lowest BCUT2D eigenvalue weighted by Gasteiger charge is -2.34. The molecule has 2 aliphatic rings. The normalized spacial score (nSPS) is 18.7. The second-order valence-electron chi connectivity index (χ2n) is 7.79. The molecule has 10 nitrogen and oxygen atoms in total. The lowest BCUT2D eigenvalue weighted by molar-refractivity contribution is 0.135. The average Bonchev–Trinajstić information content (AvgIpc) is 3.32. The number of carbonyl (C=O) groups is 1. The number of aryl methyl sites for hydroxylation is 2. The number of fused-ring (bicyclic) bond motifs is 1. The van der Waals surface area contributed by atoms with Gasteiger partial charge in [0, 0.05) is 51.2 Å². The number of rotatable bonds is 4. The number of nitrogens with one attached hydrogen (secondary N) is 1. The molecule has 2 saturated heterocycles. The summed E-state index contributed by atoms with van der Waals surface area (Å²) in [5, 5.41) is 3.50. The number of hydrogen-bond donors (Lipinski definition) is 1. The quantitative estimate of drug-likeness (QED) is 0.704. The summed E-state index contributed by atoms with van der Waals surface area (Å²) in [4.78, 5) is 38.7. The summed E-state index contributed by atoms with van der Waals surface area (Å²) in [7, 11) is 0. The smallest absolute Gasteiger partial charge is 0.320 e. The maximum atomic E-state index is 12.5. The van der Waals surface area contributed by atoms with Gasteiger partial charge in [-0.1, -0.05) is 0 Å². The van der Waals surface area contributed by atoms with Gasteiger partial charge in [0.2, 0.25) is 0 Å². The number of imidazole rings is 1. The Labute approximate surface area is 174 Å². The highest BCUT2D eigenvalue weighted by Crippen LogP contribution is 2.27. The summed E-state index contributed by atoms with van der Waals surface area (Å²) in [6, 6.07) is 0.293. The van der Waals surface area contributed by atoms with Gasteiger partial charge >= 0.3 is 6.03 Å². The van der Waals surface area contributed by atoms with Crippen molar-refractivity contribution in [2.45, 2.75) is 39.3 Å². The molecule has 3 aromatic rings. The van der Waals surface area contributed by atoms with Crippen LogP contribution in [0.1, 0.15) is 25.6 Å². The van der Waals surface area contributed by atoms with Crippen LogP contribution in [0.15, 0.2) is 18.7 Å². The molecule has 30 heavy (non-hydrogen) atoms. The lowest BCUT2D eigenvalue weighted by Crippen LogP contribution is -2.49. The number of hydrogen-bond acceptors (Lipinski definition) is 7. The molecule has 2 amide bonds. The summed E-state index contributed by atoms with van der Waals surface area (Å²) >= 11 is 0. The maximum absolute atomic E-state index is 12.5. The molecule has 2 aliphatic heterocycles. The number of aromatic nitrogens is 6. The van der Waals surface area contributed by atoms with Crippen molar-refractivity contribution < 1.29 is 4.79 Å². The van der Waals surface area contributed by atoms with Crippen LogP contribution >= 0.6 is 0 Å². The third-order valence-electron chi connectivity index (χ3n) is 5.81. The van der Waals surface area contributed by atoms with E-state index in [2.05, 4.69) is 32.2 Å². The molecule has 2 fully saturated rings. The number of urea groups is 1. The third kappa shape index (κ3) is 3.21. The van der Waals surface area contributed by atoms with Crippen LogP contribution in [-0.2, 0) is 6.54 Å². The molecule has 5 heterocycles. The van der Waals surface area contributed by atoms with E-state index in [0.717, 1.165) is 67.4 Å². The van der Waals surface area contributed by atoms with Gasteiger partial charge in [-0.25, -0.2) is 29.7 Å². The predicted octanol–water partition coefficient (Wildman–Crippen LogP) is 1.92. The van der Waals surface area contributed by atoms with Gasteiger partial charge in [0.05, 0.1) is 5.56 Å². The first kappa shape index (κ1) is 18.7. The largest absolute Gasteiger partial charge is 0.364 e. The number of amides is 2. The van der Waals surface area contributed by atoms with Crippen LogP contribution in [0.5, 0.6) is 0 Å². The molecule has 1 unspecified atom stereocenters. The van der Waals surface area contributed by atoms with Crippen LogP contribution in [0.3, 0.4) is 0 Å². The van der Waals surface area contributed by atoms with E-state index in [1.807, 2.05) is 21.3 Å². The van der Waals surface area contributed by atoms with Crippen molar-refractivity contribution in [3.8, 4) is 11.4 Å². The fourth-order valence-corrected chi connectivity index (χ4v) is 4.02. The van der Waals surface area contributed by atoms with Crippen molar-refractivity contribution in [1.29, 1.82) is 0 Å². The Bertz CT molecular complexity index is 1070. The lowest BCUT2D eigenvalue weighted by atomic mass is 10.2. The zero-order valence-corrected chi connectivity index (χ0v) is 17.2. The van der Waals surface area contributed by atoms with E-state index in [0.29, 0.717) is 12.4 Å². The Kier molecular flexibility index (Phi) is 4.68. The molecule has 0 bridgehead atoms. The minimum Gasteiger partial charge on any atom is -0.364 e. The summed E-state index contributed by atoms with van der Waals surface area (Å²) in [5.41, 5.74) is 2.35. The average molecular weight is 407 g/mol. The molecular weight excluding hydrogens is 382 g/mol. The van der Waals surface area contributed by atoms with Crippen molar-refractivity contribution in [1.82, 2.24) is 39.3 Å². The highest BCUT2D eigenvalue weighted by Gasteiger charge is 2.32. The number of nitrogens with zero attached hydrogens (tertiary/aromatic N) is 8. The second-order valence-corrected chi connectivity index (χ2v) is 7.79. The predicted molar refractivity (Wildman–Crippen MR) is 112 cm³/mol. The third-order valence-corrected chi connectivity index (χ3v) is 5.81. The minimum absolute atomic E-state index is 0.145. The maximum Gasteiger partial charge on any atom is 0.320 e. The van der Waals surface area contributed by atoms with Crippen molar-refractivity contribution in [2.24, 2.45) is 0 Å². The summed E-state index contributed by atoms with van der Waals surface area (Å²) in [6.45, 7) is 7.82. The molecule has 3 aromatic heterocycles. The number of likely N-dealkylation sites (tertiary alicyclic amines) is 2. The van der Waals surface area contributed by atoms with E-state index in [1.54, 1.807) is 18.7 Å². The minimum atomic E-state index is 0.145. The second kappa shape index (κ2) is 7.51. The van der Waals surface area contributed by atoms with Gasteiger partial charge in [-0.15, -0.1) is 0 Å². The van der Waals surface area contributed by atoms with E-state index in [1.165, 1.54) is 0 Å². The van der Waals surface area contributed by atoms with Crippen LogP contribution < -0.4 is 5.32 Å². The van der Waals surface area contributed by atoms with E-state index in [4.69, 9.17) is 4.98 Å².